The molecule has 1 saturated carbocycles. The number of carbonyl (C=O) groups excluding carboxylic acids is 1. The Morgan fingerprint density at radius 2 is 2.03 bits per heavy atom. The number of carbonyl (C=O) groups is 1. The number of esters is 1. The number of hydrogen-bond donors (Lipinski definition) is 2. The zero-order chi connectivity index (χ0) is 22.1. The molecular weight excluding hydrogens is 414 g/mol. The number of rotatable bonds is 8. The number of hydrogen-bond acceptors (Lipinski definition) is 7. The molecular formula is C23H27N3O4S. The molecule has 1 fully saturated rings. The SMILES string of the molecule is CCOC(=O)c1sc2nc(C(C)NC(c3ccc(OC)cc3)C3CC3)[nH]c(=O)c2c1C. The van der Waals surface area contributed by atoms with E-state index in [0.717, 1.165) is 5.75 Å². The smallest absolute Gasteiger partial charge is 0.348 e. The number of benzene rings is 1. The van der Waals surface area contributed by atoms with E-state index in [0.29, 0.717) is 32.4 Å². The molecule has 2 unspecified atom stereocenters. The molecule has 2 aromatic heterocycles. The summed E-state index contributed by atoms with van der Waals surface area (Å²) >= 11 is 1.21. The first kappa shape index (κ1) is 21.5. The maximum absolute atomic E-state index is 12.8. The lowest BCUT2D eigenvalue weighted by Gasteiger charge is -2.23. The second kappa shape index (κ2) is 8.80. The summed E-state index contributed by atoms with van der Waals surface area (Å²) in [4.78, 5) is 33.6. The molecule has 0 radical (unpaired) electrons. The van der Waals surface area contributed by atoms with Crippen molar-refractivity contribution in [1.29, 1.82) is 0 Å². The van der Waals surface area contributed by atoms with E-state index in [-0.39, 0.29) is 24.2 Å². The van der Waals surface area contributed by atoms with Gasteiger partial charge in [-0.25, -0.2) is 9.78 Å². The van der Waals surface area contributed by atoms with Gasteiger partial charge in [0.1, 0.15) is 21.3 Å². The van der Waals surface area contributed by atoms with E-state index >= 15 is 0 Å². The Morgan fingerprint density at radius 3 is 2.65 bits per heavy atom. The first-order valence-electron chi connectivity index (χ1n) is 10.5. The van der Waals surface area contributed by atoms with Gasteiger partial charge in [0.05, 0.1) is 25.1 Å². The summed E-state index contributed by atoms with van der Waals surface area (Å²) < 4.78 is 10.4. The lowest BCUT2D eigenvalue weighted by molar-refractivity contribution is 0.0531. The summed E-state index contributed by atoms with van der Waals surface area (Å²) in [5, 5.41) is 4.10. The molecule has 2 heterocycles. The van der Waals surface area contributed by atoms with E-state index in [1.165, 1.54) is 29.7 Å². The van der Waals surface area contributed by atoms with E-state index in [2.05, 4.69) is 27.4 Å². The minimum absolute atomic E-state index is 0.168. The van der Waals surface area contributed by atoms with Crippen LogP contribution in [0.5, 0.6) is 5.75 Å². The molecule has 1 aliphatic carbocycles. The van der Waals surface area contributed by atoms with Gasteiger partial charge in [-0.05, 0) is 62.8 Å². The minimum atomic E-state index is -0.413. The summed E-state index contributed by atoms with van der Waals surface area (Å²) in [6.07, 6.45) is 2.35. The predicted octanol–water partition coefficient (Wildman–Crippen LogP) is 4.28. The molecule has 3 aromatic rings. The molecule has 1 aliphatic rings. The van der Waals surface area contributed by atoms with Crippen molar-refractivity contribution in [3.05, 3.63) is 56.4 Å². The van der Waals surface area contributed by atoms with E-state index in [1.807, 2.05) is 19.1 Å². The largest absolute Gasteiger partial charge is 0.497 e. The van der Waals surface area contributed by atoms with Gasteiger partial charge in [0.15, 0.2) is 0 Å². The topological polar surface area (TPSA) is 93.3 Å². The number of thiophene rings is 1. The molecule has 0 bridgehead atoms. The Bertz CT molecular complexity index is 1150. The normalized spacial score (nSPS) is 15.6. The molecule has 7 nitrogen and oxygen atoms in total. The average molecular weight is 442 g/mol. The highest BCUT2D eigenvalue weighted by atomic mass is 32.1. The fraction of sp³-hybridized carbons (Fsp3) is 0.435. The van der Waals surface area contributed by atoms with Crippen LogP contribution < -0.4 is 15.6 Å². The van der Waals surface area contributed by atoms with Crippen LogP contribution in [-0.4, -0.2) is 29.7 Å². The van der Waals surface area contributed by atoms with Crippen molar-refractivity contribution in [1.82, 2.24) is 15.3 Å². The summed E-state index contributed by atoms with van der Waals surface area (Å²) in [7, 11) is 1.66. The molecule has 1 aromatic carbocycles. The number of fused-ring (bicyclic) bond motifs is 1. The van der Waals surface area contributed by atoms with Crippen molar-refractivity contribution >= 4 is 27.5 Å². The summed E-state index contributed by atoms with van der Waals surface area (Å²) in [6.45, 7) is 5.80. The molecule has 2 N–H and O–H groups in total. The second-order valence-corrected chi connectivity index (χ2v) is 8.88. The van der Waals surface area contributed by atoms with Gasteiger partial charge in [-0.2, -0.15) is 0 Å². The van der Waals surface area contributed by atoms with Crippen LogP contribution in [0.4, 0.5) is 0 Å². The molecule has 8 heteroatoms. The zero-order valence-corrected chi connectivity index (χ0v) is 19.0. The van der Waals surface area contributed by atoms with Gasteiger partial charge in [0, 0.05) is 6.04 Å². The molecule has 4 rings (SSSR count). The Kier molecular flexibility index (Phi) is 6.11. The maximum Gasteiger partial charge on any atom is 0.348 e. The van der Waals surface area contributed by atoms with Gasteiger partial charge < -0.3 is 19.8 Å². The Morgan fingerprint density at radius 1 is 1.32 bits per heavy atom. The van der Waals surface area contributed by atoms with Crippen LogP contribution in [0, 0.1) is 12.8 Å². The Hall–Kier alpha value is -2.71. The first-order chi connectivity index (χ1) is 14.9. The van der Waals surface area contributed by atoms with Crippen LogP contribution in [0.2, 0.25) is 0 Å². The number of aromatic amines is 1. The van der Waals surface area contributed by atoms with Gasteiger partial charge in [-0.1, -0.05) is 12.1 Å². The van der Waals surface area contributed by atoms with Crippen LogP contribution in [0.1, 0.15) is 65.4 Å². The van der Waals surface area contributed by atoms with Gasteiger partial charge in [0.2, 0.25) is 0 Å². The van der Waals surface area contributed by atoms with E-state index < -0.39 is 5.97 Å². The highest BCUT2D eigenvalue weighted by Gasteiger charge is 2.33. The van der Waals surface area contributed by atoms with Crippen molar-refractivity contribution in [3.63, 3.8) is 0 Å². The maximum atomic E-state index is 12.8. The number of H-pyrrole nitrogens is 1. The van der Waals surface area contributed by atoms with E-state index in [4.69, 9.17) is 9.47 Å². The molecule has 164 valence electrons. The zero-order valence-electron chi connectivity index (χ0n) is 18.2. The monoisotopic (exact) mass is 441 g/mol. The van der Waals surface area contributed by atoms with Crippen LogP contribution in [0.25, 0.3) is 10.2 Å². The molecule has 0 aliphatic heterocycles. The van der Waals surface area contributed by atoms with Crippen LogP contribution in [0.3, 0.4) is 0 Å². The number of methoxy groups -OCH3 is 1. The standard InChI is InChI=1S/C23H27N3O4S/c1-5-30-23(28)19-12(2)17-21(27)25-20(26-22(17)31-19)13(3)24-18(14-6-7-14)15-8-10-16(29-4)11-9-15/h8-11,13-14,18,24H,5-7H2,1-4H3,(H,25,26,27). The fourth-order valence-electron chi connectivity index (χ4n) is 3.85. The van der Waals surface area contributed by atoms with Crippen LogP contribution >= 0.6 is 11.3 Å². The van der Waals surface area contributed by atoms with Gasteiger partial charge >= 0.3 is 5.97 Å². The summed E-state index contributed by atoms with van der Waals surface area (Å²) in [6, 6.07) is 8.09. The molecule has 2 atom stereocenters. The van der Waals surface area contributed by atoms with Crippen molar-refractivity contribution in [3.8, 4) is 5.75 Å². The third kappa shape index (κ3) is 4.36. The van der Waals surface area contributed by atoms with Gasteiger partial charge in [-0.3, -0.25) is 4.79 Å². The lowest BCUT2D eigenvalue weighted by atomic mass is 10.0. The van der Waals surface area contributed by atoms with Crippen molar-refractivity contribution in [2.75, 3.05) is 13.7 Å². The number of nitrogens with one attached hydrogen (secondary N) is 2. The Labute approximate surface area is 184 Å². The van der Waals surface area contributed by atoms with Crippen molar-refractivity contribution in [2.45, 2.75) is 45.7 Å². The number of nitrogens with zero attached hydrogens (tertiary/aromatic N) is 1. The first-order valence-corrected chi connectivity index (χ1v) is 11.3. The summed E-state index contributed by atoms with van der Waals surface area (Å²) in [5.74, 6) is 1.54. The minimum Gasteiger partial charge on any atom is -0.497 e. The lowest BCUT2D eigenvalue weighted by Crippen LogP contribution is -2.29. The van der Waals surface area contributed by atoms with E-state index in [1.54, 1.807) is 21.0 Å². The molecule has 0 saturated heterocycles. The second-order valence-electron chi connectivity index (χ2n) is 7.88. The quantitative estimate of drug-likeness (QED) is 0.507. The highest BCUT2D eigenvalue weighted by Crippen LogP contribution is 2.42. The van der Waals surface area contributed by atoms with Crippen LogP contribution in [0.15, 0.2) is 29.1 Å². The third-order valence-corrected chi connectivity index (χ3v) is 6.85. The van der Waals surface area contributed by atoms with Crippen LogP contribution in [-0.2, 0) is 4.74 Å². The predicted molar refractivity (Wildman–Crippen MR) is 121 cm³/mol. The van der Waals surface area contributed by atoms with E-state index in [9.17, 15) is 9.59 Å². The molecule has 31 heavy (non-hydrogen) atoms. The summed E-state index contributed by atoms with van der Waals surface area (Å²) in [5.41, 5.74) is 1.58. The average Bonchev–Trinajstić information content (AvgIpc) is 3.55. The fourth-order valence-corrected chi connectivity index (χ4v) is 4.93. The number of aryl methyl sites for hydroxylation is 1. The number of aromatic nitrogens is 2. The van der Waals surface area contributed by atoms with Gasteiger partial charge in [0.25, 0.3) is 5.56 Å². The Balaban J connectivity index is 1.62. The molecule has 0 spiro atoms. The van der Waals surface area contributed by atoms with Crippen molar-refractivity contribution < 1.29 is 14.3 Å². The molecule has 0 amide bonds. The number of ether oxygens (including phenoxy) is 2. The van der Waals surface area contributed by atoms with Gasteiger partial charge in [-0.15, -0.1) is 11.3 Å². The third-order valence-electron chi connectivity index (χ3n) is 5.69. The highest BCUT2D eigenvalue weighted by molar-refractivity contribution is 7.20. The van der Waals surface area contributed by atoms with Crippen molar-refractivity contribution in [2.24, 2.45) is 5.92 Å².